The van der Waals surface area contributed by atoms with E-state index < -0.39 is 5.60 Å². The molecule has 0 aliphatic carbocycles. The van der Waals surface area contributed by atoms with E-state index in [4.69, 9.17) is 4.74 Å². The van der Waals surface area contributed by atoms with E-state index in [1.54, 1.807) is 6.92 Å². The van der Waals surface area contributed by atoms with Gasteiger partial charge in [-0.15, -0.1) is 0 Å². The summed E-state index contributed by atoms with van der Waals surface area (Å²) in [6.07, 6.45) is 0. The molecule has 0 saturated carbocycles. The van der Waals surface area contributed by atoms with Gasteiger partial charge >= 0.3 is 0 Å². The molecular formula is C12H28N2O2. The Morgan fingerprint density at radius 1 is 1.00 bits per heavy atom. The molecule has 0 amide bonds. The van der Waals surface area contributed by atoms with Crippen molar-refractivity contribution in [1.29, 1.82) is 0 Å². The summed E-state index contributed by atoms with van der Waals surface area (Å²) in [5.74, 6) is 0. The second kappa shape index (κ2) is 5.96. The molecule has 4 heteroatoms. The molecule has 98 valence electrons. The second-order valence-corrected chi connectivity index (χ2v) is 5.93. The van der Waals surface area contributed by atoms with Crippen LogP contribution in [0, 0.1) is 0 Å². The molecule has 0 saturated heterocycles. The first-order chi connectivity index (χ1) is 7.07. The van der Waals surface area contributed by atoms with E-state index >= 15 is 0 Å². The van der Waals surface area contributed by atoms with E-state index in [0.717, 1.165) is 0 Å². The molecular weight excluding hydrogens is 204 g/mol. The van der Waals surface area contributed by atoms with Gasteiger partial charge in [-0.05, 0) is 49.0 Å². The number of hydrogen-bond acceptors (Lipinski definition) is 4. The minimum Gasteiger partial charge on any atom is -0.386 e. The van der Waals surface area contributed by atoms with E-state index in [1.807, 2.05) is 33.1 Å². The molecule has 0 spiro atoms. The van der Waals surface area contributed by atoms with Crippen LogP contribution in [0.5, 0.6) is 0 Å². The zero-order valence-corrected chi connectivity index (χ0v) is 11.9. The van der Waals surface area contributed by atoms with Crippen molar-refractivity contribution in [1.82, 2.24) is 9.80 Å². The molecule has 0 aromatic carbocycles. The van der Waals surface area contributed by atoms with Gasteiger partial charge in [0.05, 0.1) is 18.8 Å². The van der Waals surface area contributed by atoms with Crippen molar-refractivity contribution in [3.63, 3.8) is 0 Å². The van der Waals surface area contributed by atoms with Gasteiger partial charge < -0.3 is 19.6 Å². The summed E-state index contributed by atoms with van der Waals surface area (Å²) >= 11 is 0. The molecule has 16 heavy (non-hydrogen) atoms. The lowest BCUT2D eigenvalue weighted by molar-refractivity contribution is -0.0666. The third kappa shape index (κ3) is 6.43. The van der Waals surface area contributed by atoms with E-state index in [1.165, 1.54) is 0 Å². The van der Waals surface area contributed by atoms with Crippen LogP contribution in [-0.4, -0.2) is 74.0 Å². The minimum absolute atomic E-state index is 0.00576. The van der Waals surface area contributed by atoms with Crippen molar-refractivity contribution in [3.8, 4) is 0 Å². The van der Waals surface area contributed by atoms with Crippen molar-refractivity contribution >= 4 is 0 Å². The lowest BCUT2D eigenvalue weighted by atomic mass is 10.1. The fraction of sp³-hybridized carbons (Fsp3) is 1.00. The Labute approximate surface area is 100 Å². The topological polar surface area (TPSA) is 35.9 Å². The quantitative estimate of drug-likeness (QED) is 0.699. The SMILES string of the molecule is CN(C)CC(C)(O)COCC(C)(C)N(C)C. The first kappa shape index (κ1) is 15.8. The Hall–Kier alpha value is -0.160. The number of rotatable bonds is 7. The van der Waals surface area contributed by atoms with Crippen LogP contribution in [-0.2, 0) is 4.74 Å². The van der Waals surface area contributed by atoms with Gasteiger partial charge in [0, 0.05) is 12.1 Å². The normalized spacial score (nSPS) is 16.9. The molecule has 0 fully saturated rings. The molecule has 0 aromatic rings. The van der Waals surface area contributed by atoms with Crippen LogP contribution in [0.3, 0.4) is 0 Å². The fourth-order valence-corrected chi connectivity index (χ4v) is 1.38. The summed E-state index contributed by atoms with van der Waals surface area (Å²) in [5.41, 5.74) is -0.792. The smallest absolute Gasteiger partial charge is 0.0977 e. The van der Waals surface area contributed by atoms with Gasteiger partial charge in [0.2, 0.25) is 0 Å². The highest BCUT2D eigenvalue weighted by Crippen LogP contribution is 2.12. The third-order valence-electron chi connectivity index (χ3n) is 2.74. The highest BCUT2D eigenvalue weighted by molar-refractivity contribution is 4.79. The summed E-state index contributed by atoms with van der Waals surface area (Å²) in [6.45, 7) is 7.62. The first-order valence-electron chi connectivity index (χ1n) is 5.69. The van der Waals surface area contributed by atoms with Gasteiger partial charge in [-0.25, -0.2) is 0 Å². The van der Waals surface area contributed by atoms with Crippen molar-refractivity contribution in [2.45, 2.75) is 31.9 Å². The maximum absolute atomic E-state index is 10.0. The number of ether oxygens (including phenoxy) is 1. The summed E-state index contributed by atoms with van der Waals surface area (Å²) in [5, 5.41) is 10.0. The van der Waals surface area contributed by atoms with Gasteiger partial charge in [0.1, 0.15) is 0 Å². The molecule has 0 bridgehead atoms. The van der Waals surface area contributed by atoms with Gasteiger partial charge in [0.25, 0.3) is 0 Å². The molecule has 1 unspecified atom stereocenters. The predicted molar refractivity (Wildman–Crippen MR) is 67.8 cm³/mol. The van der Waals surface area contributed by atoms with Crippen molar-refractivity contribution < 1.29 is 9.84 Å². The largest absolute Gasteiger partial charge is 0.386 e. The predicted octanol–water partition coefficient (Wildman–Crippen LogP) is 0.656. The highest BCUT2D eigenvalue weighted by atomic mass is 16.5. The third-order valence-corrected chi connectivity index (χ3v) is 2.74. The number of likely N-dealkylation sites (N-methyl/N-ethyl adjacent to an activating group) is 2. The molecule has 0 heterocycles. The Morgan fingerprint density at radius 3 is 1.88 bits per heavy atom. The molecule has 1 N–H and O–H groups in total. The van der Waals surface area contributed by atoms with Crippen molar-refractivity contribution in [2.24, 2.45) is 0 Å². The lowest BCUT2D eigenvalue weighted by Crippen LogP contribution is -2.46. The van der Waals surface area contributed by atoms with Crippen LogP contribution in [0.1, 0.15) is 20.8 Å². The average Bonchev–Trinajstić information content (AvgIpc) is 1.99. The number of aliphatic hydroxyl groups is 1. The summed E-state index contributed by atoms with van der Waals surface area (Å²) in [7, 11) is 7.94. The summed E-state index contributed by atoms with van der Waals surface area (Å²) in [6, 6.07) is 0. The standard InChI is InChI=1S/C12H28N2O2/c1-11(2,14(6)7)9-16-10-12(3,15)8-13(4)5/h15H,8-10H2,1-7H3. The fourth-order valence-electron chi connectivity index (χ4n) is 1.38. The number of nitrogens with zero attached hydrogens (tertiary/aromatic N) is 2. The molecule has 0 radical (unpaired) electrons. The van der Waals surface area contributed by atoms with E-state index in [2.05, 4.69) is 18.7 Å². The van der Waals surface area contributed by atoms with Crippen molar-refractivity contribution in [2.75, 3.05) is 47.9 Å². The maximum atomic E-state index is 10.0. The van der Waals surface area contributed by atoms with Crippen LogP contribution < -0.4 is 0 Å². The molecule has 0 aliphatic rings. The summed E-state index contributed by atoms with van der Waals surface area (Å²) < 4.78 is 5.61. The zero-order valence-electron chi connectivity index (χ0n) is 11.9. The zero-order chi connectivity index (χ0) is 13.0. The van der Waals surface area contributed by atoms with Crippen molar-refractivity contribution in [3.05, 3.63) is 0 Å². The Morgan fingerprint density at radius 2 is 1.50 bits per heavy atom. The van der Waals surface area contributed by atoms with Crippen LogP contribution in [0.15, 0.2) is 0 Å². The van der Waals surface area contributed by atoms with Crippen LogP contribution in [0.4, 0.5) is 0 Å². The minimum atomic E-state index is -0.786. The lowest BCUT2D eigenvalue weighted by Gasteiger charge is -2.34. The number of hydrogen-bond donors (Lipinski definition) is 1. The van der Waals surface area contributed by atoms with Crippen LogP contribution in [0.2, 0.25) is 0 Å². The van der Waals surface area contributed by atoms with Gasteiger partial charge in [0.15, 0.2) is 0 Å². The molecule has 0 aliphatic heterocycles. The molecule has 0 rings (SSSR count). The van der Waals surface area contributed by atoms with E-state index in [0.29, 0.717) is 19.8 Å². The van der Waals surface area contributed by atoms with E-state index in [9.17, 15) is 5.11 Å². The van der Waals surface area contributed by atoms with Gasteiger partial charge in [-0.3, -0.25) is 0 Å². The Bertz CT molecular complexity index is 201. The first-order valence-corrected chi connectivity index (χ1v) is 5.69. The van der Waals surface area contributed by atoms with Gasteiger partial charge in [-0.1, -0.05) is 0 Å². The van der Waals surface area contributed by atoms with Crippen LogP contribution >= 0.6 is 0 Å². The maximum Gasteiger partial charge on any atom is 0.0977 e. The molecule has 1 atom stereocenters. The average molecular weight is 232 g/mol. The van der Waals surface area contributed by atoms with E-state index in [-0.39, 0.29) is 5.54 Å². The molecule has 4 nitrogen and oxygen atoms in total. The monoisotopic (exact) mass is 232 g/mol. The Kier molecular flexibility index (Phi) is 5.90. The Balaban J connectivity index is 3.98. The summed E-state index contributed by atoms with van der Waals surface area (Å²) in [4.78, 5) is 4.08. The molecule has 0 aromatic heterocycles. The van der Waals surface area contributed by atoms with Crippen LogP contribution in [0.25, 0.3) is 0 Å². The highest BCUT2D eigenvalue weighted by Gasteiger charge is 2.25. The second-order valence-electron chi connectivity index (χ2n) is 5.93. The van der Waals surface area contributed by atoms with Gasteiger partial charge in [-0.2, -0.15) is 0 Å².